The first kappa shape index (κ1) is 10.9. The van der Waals surface area contributed by atoms with Crippen molar-refractivity contribution < 1.29 is 5.11 Å². The molecule has 0 amide bonds. The van der Waals surface area contributed by atoms with Crippen LogP contribution in [-0.2, 0) is 0 Å². The van der Waals surface area contributed by atoms with E-state index in [1.54, 1.807) is 0 Å². The second kappa shape index (κ2) is 5.56. The predicted octanol–water partition coefficient (Wildman–Crippen LogP) is 1.39. The van der Waals surface area contributed by atoms with E-state index in [9.17, 15) is 5.11 Å². The second-order valence-corrected chi connectivity index (χ2v) is 3.61. The molecule has 0 aliphatic rings. The van der Waals surface area contributed by atoms with Gasteiger partial charge in [0.2, 0.25) is 0 Å². The van der Waals surface area contributed by atoms with Crippen molar-refractivity contribution in [3.05, 3.63) is 0 Å². The molecule has 0 bridgehead atoms. The quantitative estimate of drug-likeness (QED) is 0.635. The summed E-state index contributed by atoms with van der Waals surface area (Å²) in [6.45, 7) is 6.24. The van der Waals surface area contributed by atoms with Gasteiger partial charge in [0.15, 0.2) is 0 Å². The van der Waals surface area contributed by atoms with Crippen molar-refractivity contribution in [2.24, 2.45) is 5.92 Å². The minimum atomic E-state index is -0.237. The first-order valence-electron chi connectivity index (χ1n) is 4.43. The third kappa shape index (κ3) is 5.22. The molecule has 0 aliphatic carbocycles. The Morgan fingerprint density at radius 1 is 1.18 bits per heavy atom. The topological polar surface area (TPSA) is 32.3 Å². The standard InChI is InChI=1S/C9H21NO/c1-7(2)5-6-9(10-4)8(3)11/h7-11H,5-6H2,1-4H3. The summed E-state index contributed by atoms with van der Waals surface area (Å²) in [5.41, 5.74) is 0. The highest BCUT2D eigenvalue weighted by Gasteiger charge is 2.11. The monoisotopic (exact) mass is 159 g/mol. The number of rotatable bonds is 5. The molecule has 0 aromatic carbocycles. The lowest BCUT2D eigenvalue weighted by atomic mass is 10.0. The van der Waals surface area contributed by atoms with Crippen molar-refractivity contribution in [1.29, 1.82) is 0 Å². The van der Waals surface area contributed by atoms with Crippen molar-refractivity contribution in [1.82, 2.24) is 5.32 Å². The zero-order valence-electron chi connectivity index (χ0n) is 8.09. The fourth-order valence-corrected chi connectivity index (χ4v) is 1.14. The number of likely N-dealkylation sites (N-methyl/N-ethyl adjacent to an activating group) is 1. The SMILES string of the molecule is CNC(CCC(C)C)C(C)O. The summed E-state index contributed by atoms with van der Waals surface area (Å²) >= 11 is 0. The lowest BCUT2D eigenvalue weighted by Crippen LogP contribution is -2.35. The molecule has 2 heteroatoms. The molecule has 2 nitrogen and oxygen atoms in total. The largest absolute Gasteiger partial charge is 0.392 e. The molecule has 2 unspecified atom stereocenters. The van der Waals surface area contributed by atoms with Gasteiger partial charge in [-0.15, -0.1) is 0 Å². The van der Waals surface area contributed by atoms with Crippen LogP contribution in [0.4, 0.5) is 0 Å². The Hall–Kier alpha value is -0.0800. The highest BCUT2D eigenvalue weighted by atomic mass is 16.3. The van der Waals surface area contributed by atoms with E-state index in [0.717, 1.165) is 12.3 Å². The minimum Gasteiger partial charge on any atom is -0.392 e. The average molecular weight is 159 g/mol. The Morgan fingerprint density at radius 3 is 2.00 bits per heavy atom. The zero-order valence-corrected chi connectivity index (χ0v) is 8.09. The van der Waals surface area contributed by atoms with Crippen LogP contribution in [0.2, 0.25) is 0 Å². The van der Waals surface area contributed by atoms with Gasteiger partial charge in [-0.05, 0) is 32.7 Å². The van der Waals surface area contributed by atoms with E-state index in [-0.39, 0.29) is 12.1 Å². The maximum Gasteiger partial charge on any atom is 0.0664 e. The van der Waals surface area contributed by atoms with Gasteiger partial charge in [0, 0.05) is 6.04 Å². The van der Waals surface area contributed by atoms with E-state index in [1.807, 2.05) is 14.0 Å². The normalized spacial score (nSPS) is 16.9. The van der Waals surface area contributed by atoms with Gasteiger partial charge >= 0.3 is 0 Å². The molecular weight excluding hydrogens is 138 g/mol. The molecule has 0 spiro atoms. The molecule has 0 radical (unpaired) electrons. The van der Waals surface area contributed by atoms with Crippen LogP contribution in [0.25, 0.3) is 0 Å². The maximum absolute atomic E-state index is 9.26. The summed E-state index contributed by atoms with van der Waals surface area (Å²) < 4.78 is 0. The molecule has 0 saturated heterocycles. The molecule has 11 heavy (non-hydrogen) atoms. The maximum atomic E-state index is 9.26. The van der Waals surface area contributed by atoms with Crippen LogP contribution in [0, 0.1) is 5.92 Å². The molecule has 2 atom stereocenters. The lowest BCUT2D eigenvalue weighted by Gasteiger charge is -2.19. The Labute approximate surface area is 70.0 Å². The van der Waals surface area contributed by atoms with Crippen LogP contribution in [0.5, 0.6) is 0 Å². The van der Waals surface area contributed by atoms with E-state index in [0.29, 0.717) is 0 Å². The Balaban J connectivity index is 3.52. The van der Waals surface area contributed by atoms with Gasteiger partial charge in [-0.2, -0.15) is 0 Å². The molecule has 0 fully saturated rings. The fraction of sp³-hybridized carbons (Fsp3) is 1.00. The van der Waals surface area contributed by atoms with Crippen molar-refractivity contribution in [2.45, 2.75) is 45.8 Å². The van der Waals surface area contributed by atoms with Gasteiger partial charge in [0.05, 0.1) is 6.10 Å². The zero-order chi connectivity index (χ0) is 8.85. The molecule has 0 aromatic rings. The van der Waals surface area contributed by atoms with Gasteiger partial charge < -0.3 is 10.4 Å². The third-order valence-electron chi connectivity index (χ3n) is 2.01. The summed E-state index contributed by atoms with van der Waals surface area (Å²) in [6.07, 6.45) is 2.00. The molecule has 0 heterocycles. The number of aliphatic hydroxyl groups excluding tert-OH is 1. The van der Waals surface area contributed by atoms with E-state index < -0.39 is 0 Å². The molecular formula is C9H21NO. The van der Waals surface area contributed by atoms with Gasteiger partial charge in [0.25, 0.3) is 0 Å². The second-order valence-electron chi connectivity index (χ2n) is 3.61. The highest BCUT2D eigenvalue weighted by Crippen LogP contribution is 2.08. The molecule has 0 rings (SSSR count). The molecule has 0 aliphatic heterocycles. The summed E-state index contributed by atoms with van der Waals surface area (Å²) in [6, 6.07) is 0.261. The van der Waals surface area contributed by atoms with Crippen LogP contribution in [0.1, 0.15) is 33.6 Å². The Kier molecular flexibility index (Phi) is 5.51. The van der Waals surface area contributed by atoms with Crippen molar-refractivity contribution in [2.75, 3.05) is 7.05 Å². The van der Waals surface area contributed by atoms with Crippen LogP contribution < -0.4 is 5.32 Å². The van der Waals surface area contributed by atoms with Crippen LogP contribution in [0.15, 0.2) is 0 Å². The summed E-state index contributed by atoms with van der Waals surface area (Å²) in [7, 11) is 1.90. The first-order valence-corrected chi connectivity index (χ1v) is 4.43. The minimum absolute atomic E-state index is 0.237. The van der Waals surface area contributed by atoms with Crippen molar-refractivity contribution in [3.63, 3.8) is 0 Å². The molecule has 68 valence electrons. The molecule has 0 saturated carbocycles. The van der Waals surface area contributed by atoms with E-state index >= 15 is 0 Å². The third-order valence-corrected chi connectivity index (χ3v) is 2.01. The Bertz CT molecular complexity index is 91.6. The van der Waals surface area contributed by atoms with Gasteiger partial charge in [-0.3, -0.25) is 0 Å². The Morgan fingerprint density at radius 2 is 1.73 bits per heavy atom. The van der Waals surface area contributed by atoms with Gasteiger partial charge in [-0.1, -0.05) is 13.8 Å². The van der Waals surface area contributed by atoms with Crippen LogP contribution in [-0.4, -0.2) is 24.3 Å². The number of aliphatic hydroxyl groups is 1. The molecule has 0 aromatic heterocycles. The summed E-state index contributed by atoms with van der Waals surface area (Å²) in [5, 5.41) is 12.4. The lowest BCUT2D eigenvalue weighted by molar-refractivity contribution is 0.141. The van der Waals surface area contributed by atoms with Crippen LogP contribution in [0.3, 0.4) is 0 Å². The van der Waals surface area contributed by atoms with E-state index in [1.165, 1.54) is 6.42 Å². The fourth-order valence-electron chi connectivity index (χ4n) is 1.14. The summed E-state index contributed by atoms with van der Waals surface area (Å²) in [5.74, 6) is 0.726. The highest BCUT2D eigenvalue weighted by molar-refractivity contribution is 4.70. The first-order chi connectivity index (χ1) is 5.07. The van der Waals surface area contributed by atoms with Gasteiger partial charge in [-0.25, -0.2) is 0 Å². The number of hydrogen-bond donors (Lipinski definition) is 2. The molecule has 2 N–H and O–H groups in total. The summed E-state index contributed by atoms with van der Waals surface area (Å²) in [4.78, 5) is 0. The average Bonchev–Trinajstić information content (AvgIpc) is 1.87. The van der Waals surface area contributed by atoms with Crippen LogP contribution >= 0.6 is 0 Å². The van der Waals surface area contributed by atoms with E-state index in [2.05, 4.69) is 19.2 Å². The predicted molar refractivity (Wildman–Crippen MR) is 48.6 cm³/mol. The smallest absolute Gasteiger partial charge is 0.0664 e. The van der Waals surface area contributed by atoms with Crippen molar-refractivity contribution >= 4 is 0 Å². The number of nitrogens with one attached hydrogen (secondary N) is 1. The van der Waals surface area contributed by atoms with E-state index in [4.69, 9.17) is 0 Å². The van der Waals surface area contributed by atoms with Gasteiger partial charge in [0.1, 0.15) is 0 Å². The number of hydrogen-bond acceptors (Lipinski definition) is 2. The van der Waals surface area contributed by atoms with Crippen molar-refractivity contribution in [3.8, 4) is 0 Å².